The van der Waals surface area contributed by atoms with Crippen LogP contribution in [0.2, 0.25) is 0 Å². The van der Waals surface area contributed by atoms with Gasteiger partial charge in [-0.15, -0.1) is 11.6 Å². The largest absolute Gasteiger partial charge is 0.213 e. The van der Waals surface area contributed by atoms with Crippen molar-refractivity contribution in [1.82, 2.24) is 4.72 Å². The minimum atomic E-state index is -3.23. The Balaban J connectivity index is 2.54. The van der Waals surface area contributed by atoms with Crippen LogP contribution in [0.25, 0.3) is 0 Å². The second-order valence-corrected chi connectivity index (χ2v) is 5.80. The molecule has 1 rings (SSSR count). The third-order valence-electron chi connectivity index (χ3n) is 2.27. The quantitative estimate of drug-likeness (QED) is 0.795. The maximum atomic E-state index is 11.3. The van der Waals surface area contributed by atoms with Gasteiger partial charge < -0.3 is 0 Å². The summed E-state index contributed by atoms with van der Waals surface area (Å²) in [6, 6.07) is 7.88. The highest BCUT2D eigenvalue weighted by molar-refractivity contribution is 7.89. The van der Waals surface area contributed by atoms with E-state index in [1.54, 1.807) is 0 Å². The van der Waals surface area contributed by atoms with E-state index in [1.807, 2.05) is 24.3 Å². The van der Waals surface area contributed by atoms with Crippen LogP contribution in [0.5, 0.6) is 0 Å². The summed E-state index contributed by atoms with van der Waals surface area (Å²) >= 11 is 5.39. The van der Waals surface area contributed by atoms with Crippen LogP contribution in [0.4, 0.5) is 0 Å². The Morgan fingerprint density at radius 1 is 1.19 bits per heavy atom. The lowest BCUT2D eigenvalue weighted by atomic mass is 10.1. The number of aryl methyl sites for hydroxylation is 1. The van der Waals surface area contributed by atoms with Crippen LogP contribution in [0, 0.1) is 0 Å². The fraction of sp³-hybridized carbons (Fsp3) is 0.455. The molecular weight excluding hydrogens is 246 g/mol. The molecule has 0 radical (unpaired) electrons. The fourth-order valence-electron chi connectivity index (χ4n) is 1.26. The zero-order valence-electron chi connectivity index (χ0n) is 9.24. The van der Waals surface area contributed by atoms with Crippen molar-refractivity contribution in [2.24, 2.45) is 0 Å². The molecule has 90 valence electrons. The summed E-state index contributed by atoms with van der Waals surface area (Å²) in [6.07, 6.45) is 0.984. The summed E-state index contributed by atoms with van der Waals surface area (Å²) in [5, 5.41) is 0. The van der Waals surface area contributed by atoms with Crippen LogP contribution in [0.3, 0.4) is 0 Å². The first-order valence-electron chi connectivity index (χ1n) is 5.18. The molecule has 0 bridgehead atoms. The molecule has 0 aliphatic rings. The molecule has 0 unspecified atom stereocenters. The number of hydrogen-bond acceptors (Lipinski definition) is 2. The Morgan fingerprint density at radius 3 is 2.25 bits per heavy atom. The van der Waals surface area contributed by atoms with Crippen LogP contribution in [-0.2, 0) is 23.0 Å². The van der Waals surface area contributed by atoms with Crippen LogP contribution >= 0.6 is 11.6 Å². The number of halogens is 1. The second-order valence-electron chi connectivity index (χ2n) is 3.50. The second kappa shape index (κ2) is 6.23. The van der Waals surface area contributed by atoms with Gasteiger partial charge in [-0.1, -0.05) is 31.2 Å². The zero-order chi connectivity index (χ0) is 12.0. The molecule has 16 heavy (non-hydrogen) atoms. The number of hydrogen-bond donors (Lipinski definition) is 1. The Hall–Kier alpha value is -0.580. The topological polar surface area (TPSA) is 46.2 Å². The molecule has 0 spiro atoms. The van der Waals surface area contributed by atoms with Crippen molar-refractivity contribution in [2.45, 2.75) is 19.9 Å². The molecule has 0 aliphatic heterocycles. The summed E-state index contributed by atoms with van der Waals surface area (Å²) in [5.74, 6) is 0.0751. The average Bonchev–Trinajstić information content (AvgIpc) is 2.27. The minimum Gasteiger partial charge on any atom is -0.212 e. The lowest BCUT2D eigenvalue weighted by Gasteiger charge is -2.05. The Labute approximate surface area is 102 Å². The van der Waals surface area contributed by atoms with Gasteiger partial charge in [0.15, 0.2) is 0 Å². The molecule has 0 fully saturated rings. The van der Waals surface area contributed by atoms with Gasteiger partial charge in [0.2, 0.25) is 10.0 Å². The predicted molar refractivity (Wildman–Crippen MR) is 67.2 cm³/mol. The molecule has 0 aromatic heterocycles. The van der Waals surface area contributed by atoms with Gasteiger partial charge in [0.1, 0.15) is 0 Å². The van der Waals surface area contributed by atoms with Gasteiger partial charge in [0, 0.05) is 12.4 Å². The SMILES string of the molecule is CCc1ccc(CNS(=O)(=O)CCCl)cc1. The van der Waals surface area contributed by atoms with E-state index in [1.165, 1.54) is 5.56 Å². The van der Waals surface area contributed by atoms with Gasteiger partial charge in [0.05, 0.1) is 5.75 Å². The Bertz CT molecular complexity index is 414. The fourth-order valence-corrected chi connectivity index (χ4v) is 2.60. The van der Waals surface area contributed by atoms with Crippen LogP contribution in [-0.4, -0.2) is 20.1 Å². The van der Waals surface area contributed by atoms with Crippen molar-refractivity contribution >= 4 is 21.6 Å². The number of sulfonamides is 1. The Morgan fingerprint density at radius 2 is 1.75 bits per heavy atom. The molecule has 0 saturated carbocycles. The number of rotatable bonds is 6. The van der Waals surface area contributed by atoms with E-state index < -0.39 is 10.0 Å². The summed E-state index contributed by atoms with van der Waals surface area (Å²) in [6.45, 7) is 2.40. The lowest BCUT2D eigenvalue weighted by molar-refractivity contribution is 0.583. The standard InChI is InChI=1S/C11H16ClNO2S/c1-2-10-3-5-11(6-4-10)9-13-16(14,15)8-7-12/h3-6,13H,2,7-9H2,1H3. The molecule has 5 heteroatoms. The van der Waals surface area contributed by atoms with Crippen molar-refractivity contribution in [3.63, 3.8) is 0 Å². The normalized spacial score (nSPS) is 11.6. The first-order valence-corrected chi connectivity index (χ1v) is 7.37. The molecule has 1 N–H and O–H groups in total. The monoisotopic (exact) mass is 261 g/mol. The molecule has 3 nitrogen and oxygen atoms in total. The van der Waals surface area contributed by atoms with Gasteiger partial charge in [-0.2, -0.15) is 0 Å². The van der Waals surface area contributed by atoms with Gasteiger partial charge >= 0.3 is 0 Å². The smallest absolute Gasteiger partial charge is 0.212 e. The molecule has 0 atom stereocenters. The molecular formula is C11H16ClNO2S. The van der Waals surface area contributed by atoms with Crippen LogP contribution < -0.4 is 4.72 Å². The van der Waals surface area contributed by atoms with Gasteiger partial charge in [-0.05, 0) is 17.5 Å². The third-order valence-corrected chi connectivity index (χ3v) is 4.01. The molecule has 0 saturated heterocycles. The van der Waals surface area contributed by atoms with Crippen molar-refractivity contribution in [2.75, 3.05) is 11.6 Å². The van der Waals surface area contributed by atoms with Crippen LogP contribution in [0.15, 0.2) is 24.3 Å². The average molecular weight is 262 g/mol. The maximum absolute atomic E-state index is 11.3. The highest BCUT2D eigenvalue weighted by Crippen LogP contribution is 2.05. The number of alkyl halides is 1. The molecule has 0 heterocycles. The van der Waals surface area contributed by atoms with E-state index in [4.69, 9.17) is 11.6 Å². The van der Waals surface area contributed by atoms with E-state index >= 15 is 0 Å². The minimum absolute atomic E-state index is 0.0401. The van der Waals surface area contributed by atoms with E-state index in [-0.39, 0.29) is 11.6 Å². The first-order chi connectivity index (χ1) is 7.57. The van der Waals surface area contributed by atoms with Crippen LogP contribution in [0.1, 0.15) is 18.1 Å². The van der Waals surface area contributed by atoms with E-state index in [9.17, 15) is 8.42 Å². The van der Waals surface area contributed by atoms with E-state index in [0.717, 1.165) is 12.0 Å². The molecule has 0 aliphatic carbocycles. The zero-order valence-corrected chi connectivity index (χ0v) is 10.8. The van der Waals surface area contributed by atoms with Crippen molar-refractivity contribution in [1.29, 1.82) is 0 Å². The highest BCUT2D eigenvalue weighted by Gasteiger charge is 2.08. The lowest BCUT2D eigenvalue weighted by Crippen LogP contribution is -2.26. The predicted octanol–water partition coefficient (Wildman–Crippen LogP) is 1.91. The Kier molecular flexibility index (Phi) is 5.25. The molecule has 1 aromatic rings. The maximum Gasteiger partial charge on any atom is 0.213 e. The number of nitrogens with one attached hydrogen (secondary N) is 1. The van der Waals surface area contributed by atoms with Crippen molar-refractivity contribution < 1.29 is 8.42 Å². The summed E-state index contributed by atoms with van der Waals surface area (Å²) in [7, 11) is -3.23. The number of benzene rings is 1. The van der Waals surface area contributed by atoms with Crippen molar-refractivity contribution in [3.8, 4) is 0 Å². The summed E-state index contributed by atoms with van der Waals surface area (Å²) in [4.78, 5) is 0. The summed E-state index contributed by atoms with van der Waals surface area (Å²) < 4.78 is 25.2. The van der Waals surface area contributed by atoms with E-state index in [0.29, 0.717) is 6.54 Å². The first kappa shape index (κ1) is 13.5. The van der Waals surface area contributed by atoms with Gasteiger partial charge in [-0.3, -0.25) is 0 Å². The van der Waals surface area contributed by atoms with Gasteiger partial charge in [-0.25, -0.2) is 13.1 Å². The van der Waals surface area contributed by atoms with E-state index in [2.05, 4.69) is 11.6 Å². The highest BCUT2D eigenvalue weighted by atomic mass is 35.5. The summed E-state index contributed by atoms with van der Waals surface area (Å²) in [5.41, 5.74) is 2.20. The third kappa shape index (κ3) is 4.51. The molecule has 1 aromatic carbocycles. The molecule has 0 amide bonds. The van der Waals surface area contributed by atoms with Crippen molar-refractivity contribution in [3.05, 3.63) is 35.4 Å². The van der Waals surface area contributed by atoms with Gasteiger partial charge in [0.25, 0.3) is 0 Å².